The molecule has 2 aliphatic carbocycles. The molecule has 0 spiro atoms. The highest BCUT2D eigenvalue weighted by atomic mass is 16.7. The number of aromatic hydroxyl groups is 2. The van der Waals surface area contributed by atoms with Gasteiger partial charge in [0, 0.05) is 42.0 Å². The molecule has 1 heterocycles. The predicted octanol–water partition coefficient (Wildman–Crippen LogP) is -0.269. The Morgan fingerprint density at radius 1 is 1.17 bits per heavy atom. The molecule has 13 nitrogen and oxygen atoms in total. The van der Waals surface area contributed by atoms with E-state index in [0.29, 0.717) is 6.29 Å². The molecule has 0 amide bonds. The zero-order chi connectivity index (χ0) is 29.8. The number of benzene rings is 2. The molecule has 3 aliphatic rings. The van der Waals surface area contributed by atoms with Crippen LogP contribution in [0.3, 0.4) is 0 Å². The highest BCUT2D eigenvalue weighted by Gasteiger charge is 2.50. The van der Waals surface area contributed by atoms with Crippen molar-refractivity contribution >= 4 is 17.9 Å². The SMILES string of the molecule is CNNC(C=O)[C@]1(O)Cc2c(O)c3c(c(O)c2[C@@H](OC2CC(N)C(O)C(C)O2)C1)C(=O)c1c(OC)cccc1C3=O. The largest absolute Gasteiger partial charge is 0.507 e. The van der Waals surface area contributed by atoms with E-state index in [2.05, 4.69) is 10.9 Å². The van der Waals surface area contributed by atoms with E-state index in [0.717, 1.165) is 0 Å². The van der Waals surface area contributed by atoms with E-state index >= 15 is 0 Å². The molecule has 0 aromatic heterocycles. The van der Waals surface area contributed by atoms with Crippen molar-refractivity contribution < 1.29 is 49.0 Å². The summed E-state index contributed by atoms with van der Waals surface area (Å²) in [6.07, 6.45) is -4.01. The number of phenolic OH excluding ortho intramolecular Hbond substituents is 2. The average molecular weight is 572 g/mol. The molecule has 5 unspecified atom stereocenters. The zero-order valence-electron chi connectivity index (χ0n) is 22.7. The number of nitrogens with two attached hydrogens (primary N) is 1. The number of ketones is 2. The lowest BCUT2D eigenvalue weighted by molar-refractivity contribution is -0.248. The van der Waals surface area contributed by atoms with Crippen molar-refractivity contribution in [3.63, 3.8) is 0 Å². The summed E-state index contributed by atoms with van der Waals surface area (Å²) < 4.78 is 17.3. The fourth-order valence-corrected chi connectivity index (χ4v) is 6.11. The van der Waals surface area contributed by atoms with E-state index in [1.165, 1.54) is 32.4 Å². The van der Waals surface area contributed by atoms with Crippen LogP contribution in [0.4, 0.5) is 0 Å². The van der Waals surface area contributed by atoms with E-state index in [1.807, 2.05) is 0 Å². The van der Waals surface area contributed by atoms with Gasteiger partial charge in [0.05, 0.1) is 47.7 Å². The maximum atomic E-state index is 13.8. The van der Waals surface area contributed by atoms with Crippen molar-refractivity contribution in [3.8, 4) is 17.2 Å². The fourth-order valence-electron chi connectivity index (χ4n) is 6.11. The Balaban J connectivity index is 1.69. The van der Waals surface area contributed by atoms with Crippen LogP contribution >= 0.6 is 0 Å². The first-order valence-corrected chi connectivity index (χ1v) is 13.2. The van der Waals surface area contributed by atoms with Crippen molar-refractivity contribution in [2.75, 3.05) is 14.2 Å². The molecule has 0 saturated carbocycles. The standard InChI is InChI=1S/C28H33N3O10/c1-11-23(33)14(29)7-18(40-11)41-16-9-28(38,17(10-32)31-30-2)8-13-20(16)27(37)22-21(25(13)35)24(34)12-5-4-6-15(39-3)19(12)26(22)36/h4-6,10-11,14,16-18,23,30-31,33,35,37-38H,7-9,29H2,1-3H3/t11?,14?,16-,17?,18?,23?,28-/m0/s1. The molecular weight excluding hydrogens is 538 g/mol. The molecule has 1 saturated heterocycles. The normalized spacial score (nSPS) is 29.8. The van der Waals surface area contributed by atoms with Crippen molar-refractivity contribution in [3.05, 3.63) is 51.6 Å². The van der Waals surface area contributed by atoms with Crippen LogP contribution in [0.25, 0.3) is 0 Å². The fraction of sp³-hybridized carbons (Fsp3) is 0.464. The second kappa shape index (κ2) is 10.8. The van der Waals surface area contributed by atoms with Crippen LogP contribution in [-0.2, 0) is 20.7 Å². The number of hydrogen-bond acceptors (Lipinski definition) is 13. The zero-order valence-corrected chi connectivity index (χ0v) is 22.7. The van der Waals surface area contributed by atoms with Crippen molar-refractivity contribution in [1.29, 1.82) is 0 Å². The molecule has 8 N–H and O–H groups in total. The highest BCUT2D eigenvalue weighted by molar-refractivity contribution is 6.31. The van der Waals surface area contributed by atoms with Crippen LogP contribution in [0.1, 0.15) is 68.8 Å². The summed E-state index contributed by atoms with van der Waals surface area (Å²) in [6.45, 7) is 1.61. The van der Waals surface area contributed by atoms with Gasteiger partial charge in [-0.15, -0.1) is 0 Å². The lowest BCUT2D eigenvalue weighted by atomic mass is 9.71. The minimum Gasteiger partial charge on any atom is -0.507 e. The lowest BCUT2D eigenvalue weighted by Gasteiger charge is -2.44. The van der Waals surface area contributed by atoms with Gasteiger partial charge < -0.3 is 45.2 Å². The van der Waals surface area contributed by atoms with E-state index in [1.54, 1.807) is 6.92 Å². The number of aldehydes is 1. The molecule has 7 atom stereocenters. The minimum absolute atomic E-state index is 0.0184. The summed E-state index contributed by atoms with van der Waals surface area (Å²) in [6, 6.07) is 2.54. The number of phenols is 2. The highest BCUT2D eigenvalue weighted by Crippen LogP contribution is 2.52. The van der Waals surface area contributed by atoms with Gasteiger partial charge in [-0.2, -0.15) is 0 Å². The number of hydrazine groups is 1. The molecule has 13 heteroatoms. The van der Waals surface area contributed by atoms with Crippen molar-refractivity contribution in [1.82, 2.24) is 10.9 Å². The summed E-state index contributed by atoms with van der Waals surface area (Å²) in [5.41, 5.74) is 8.44. The Bertz CT molecular complexity index is 1400. The minimum atomic E-state index is -1.88. The van der Waals surface area contributed by atoms with Crippen LogP contribution in [-0.4, -0.2) is 88.6 Å². The van der Waals surface area contributed by atoms with Gasteiger partial charge in [-0.1, -0.05) is 12.1 Å². The summed E-state index contributed by atoms with van der Waals surface area (Å²) in [7, 11) is 2.84. The topological polar surface area (TPSA) is 210 Å². The van der Waals surface area contributed by atoms with E-state index < -0.39 is 76.5 Å². The number of ether oxygens (including phenoxy) is 3. The van der Waals surface area contributed by atoms with Gasteiger partial charge >= 0.3 is 0 Å². The number of carbonyl (C=O) groups is 3. The second-order valence-electron chi connectivity index (χ2n) is 10.7. The monoisotopic (exact) mass is 571 g/mol. The lowest BCUT2D eigenvalue weighted by Crippen LogP contribution is -2.59. The quantitative estimate of drug-likeness (QED) is 0.111. The van der Waals surface area contributed by atoms with Crippen LogP contribution in [0, 0.1) is 0 Å². The third-order valence-corrected chi connectivity index (χ3v) is 8.19. The molecule has 220 valence electrons. The molecule has 0 bridgehead atoms. The molecular formula is C28H33N3O10. The molecule has 5 rings (SSSR count). The summed E-state index contributed by atoms with van der Waals surface area (Å²) in [5, 5.41) is 45.1. The Hall–Kier alpha value is -3.43. The molecule has 1 aliphatic heterocycles. The average Bonchev–Trinajstić information content (AvgIpc) is 2.94. The number of fused-ring (bicyclic) bond motifs is 3. The Labute approximate surface area is 235 Å². The molecule has 0 radical (unpaired) electrons. The predicted molar refractivity (Wildman–Crippen MR) is 142 cm³/mol. The number of carbonyl (C=O) groups excluding carboxylic acids is 3. The smallest absolute Gasteiger partial charge is 0.202 e. The van der Waals surface area contributed by atoms with Gasteiger partial charge in [0.2, 0.25) is 5.78 Å². The first-order chi connectivity index (χ1) is 19.5. The Morgan fingerprint density at radius 3 is 2.51 bits per heavy atom. The molecule has 41 heavy (non-hydrogen) atoms. The van der Waals surface area contributed by atoms with E-state index in [-0.39, 0.29) is 47.3 Å². The first-order valence-electron chi connectivity index (χ1n) is 13.2. The van der Waals surface area contributed by atoms with Gasteiger partial charge in [-0.25, -0.2) is 5.43 Å². The second-order valence-corrected chi connectivity index (χ2v) is 10.7. The van der Waals surface area contributed by atoms with Crippen molar-refractivity contribution in [2.24, 2.45) is 5.73 Å². The van der Waals surface area contributed by atoms with Gasteiger partial charge in [-0.3, -0.25) is 15.0 Å². The number of nitrogens with one attached hydrogen (secondary N) is 2. The number of rotatable bonds is 7. The summed E-state index contributed by atoms with van der Waals surface area (Å²) >= 11 is 0. The van der Waals surface area contributed by atoms with Gasteiger partial charge in [0.15, 0.2) is 12.1 Å². The van der Waals surface area contributed by atoms with Gasteiger partial charge in [-0.05, 0) is 20.0 Å². The molecule has 2 aromatic carbocycles. The third-order valence-electron chi connectivity index (χ3n) is 8.19. The Kier molecular flexibility index (Phi) is 7.63. The van der Waals surface area contributed by atoms with E-state index in [4.69, 9.17) is 19.9 Å². The first kappa shape index (κ1) is 29.1. The maximum absolute atomic E-state index is 13.8. The van der Waals surface area contributed by atoms with Crippen LogP contribution in [0.15, 0.2) is 18.2 Å². The van der Waals surface area contributed by atoms with Crippen LogP contribution < -0.4 is 21.3 Å². The van der Waals surface area contributed by atoms with Crippen LogP contribution in [0.5, 0.6) is 17.2 Å². The summed E-state index contributed by atoms with van der Waals surface area (Å²) in [4.78, 5) is 39.4. The third kappa shape index (κ3) is 4.59. The number of methoxy groups -OCH3 is 1. The molecule has 1 fully saturated rings. The number of aliphatic hydroxyl groups is 2. The molecule has 2 aromatic rings. The Morgan fingerprint density at radius 2 is 1.88 bits per heavy atom. The van der Waals surface area contributed by atoms with Gasteiger partial charge in [0.1, 0.15) is 29.6 Å². The van der Waals surface area contributed by atoms with E-state index in [9.17, 15) is 34.8 Å². The summed E-state index contributed by atoms with van der Waals surface area (Å²) in [5.74, 6) is -2.56. The van der Waals surface area contributed by atoms with Crippen LogP contribution in [0.2, 0.25) is 0 Å². The van der Waals surface area contributed by atoms with Crippen molar-refractivity contribution in [2.45, 2.75) is 68.5 Å². The number of aliphatic hydroxyl groups excluding tert-OH is 1. The maximum Gasteiger partial charge on any atom is 0.202 e. The van der Waals surface area contributed by atoms with Gasteiger partial charge in [0.25, 0.3) is 0 Å². The number of hydrogen-bond donors (Lipinski definition) is 7.